The molecule has 0 aliphatic carbocycles. The summed E-state index contributed by atoms with van der Waals surface area (Å²) in [5.41, 5.74) is 0.760. The van der Waals surface area contributed by atoms with Crippen molar-refractivity contribution < 1.29 is 0 Å². The first-order valence-corrected chi connectivity index (χ1v) is 3.68. The highest BCUT2D eigenvalue weighted by Gasteiger charge is 2.01. The maximum absolute atomic E-state index is 5.75. The number of fused-ring (bicyclic) bond motifs is 1. The standard InChI is InChI=1S/C6H3Cl2N3/c7-5-3-11-4(1-2-9-11)6(8)10-5/h1-3H. The summed E-state index contributed by atoms with van der Waals surface area (Å²) < 4.78 is 1.58. The Balaban J connectivity index is 2.91. The molecule has 0 aromatic carbocycles. The third-order valence-electron chi connectivity index (χ3n) is 1.32. The Morgan fingerprint density at radius 2 is 2.18 bits per heavy atom. The first kappa shape index (κ1) is 6.88. The van der Waals surface area contributed by atoms with Gasteiger partial charge in [-0.05, 0) is 6.07 Å². The summed E-state index contributed by atoms with van der Waals surface area (Å²) in [6, 6.07) is 1.77. The third kappa shape index (κ3) is 1.06. The van der Waals surface area contributed by atoms with Crippen LogP contribution in [0.4, 0.5) is 0 Å². The molecular formula is C6H3Cl2N3. The second-order valence-electron chi connectivity index (χ2n) is 2.02. The van der Waals surface area contributed by atoms with Gasteiger partial charge in [0, 0.05) is 0 Å². The summed E-state index contributed by atoms with van der Waals surface area (Å²) in [4.78, 5) is 3.84. The molecule has 0 saturated carbocycles. The van der Waals surface area contributed by atoms with E-state index >= 15 is 0 Å². The first-order chi connectivity index (χ1) is 5.27. The van der Waals surface area contributed by atoms with Crippen molar-refractivity contribution in [3.63, 3.8) is 0 Å². The van der Waals surface area contributed by atoms with Gasteiger partial charge in [-0.1, -0.05) is 23.2 Å². The first-order valence-electron chi connectivity index (χ1n) is 2.93. The van der Waals surface area contributed by atoms with Crippen molar-refractivity contribution in [3.8, 4) is 0 Å². The second kappa shape index (κ2) is 2.36. The van der Waals surface area contributed by atoms with Gasteiger partial charge in [0.05, 0.1) is 12.4 Å². The highest BCUT2D eigenvalue weighted by atomic mass is 35.5. The number of hydrogen-bond acceptors (Lipinski definition) is 2. The summed E-state index contributed by atoms with van der Waals surface area (Å²) in [5, 5.41) is 4.66. The minimum atomic E-state index is 0.339. The molecule has 5 heteroatoms. The van der Waals surface area contributed by atoms with Crippen LogP contribution in [0.15, 0.2) is 18.5 Å². The fourth-order valence-electron chi connectivity index (χ4n) is 0.861. The van der Waals surface area contributed by atoms with E-state index in [0.29, 0.717) is 10.3 Å². The molecule has 0 radical (unpaired) electrons. The Kier molecular flexibility index (Phi) is 1.47. The largest absolute Gasteiger partial charge is 0.235 e. The van der Waals surface area contributed by atoms with Gasteiger partial charge in [0.15, 0.2) is 5.15 Å². The Labute approximate surface area is 72.6 Å². The van der Waals surface area contributed by atoms with E-state index < -0.39 is 0 Å². The molecule has 2 heterocycles. The molecular weight excluding hydrogens is 185 g/mol. The lowest BCUT2D eigenvalue weighted by Gasteiger charge is -1.94. The van der Waals surface area contributed by atoms with E-state index in [9.17, 15) is 0 Å². The van der Waals surface area contributed by atoms with Gasteiger partial charge in [-0.25, -0.2) is 9.50 Å². The molecule has 11 heavy (non-hydrogen) atoms. The monoisotopic (exact) mass is 187 g/mol. The van der Waals surface area contributed by atoms with Crippen LogP contribution < -0.4 is 0 Å². The van der Waals surface area contributed by atoms with Gasteiger partial charge < -0.3 is 0 Å². The van der Waals surface area contributed by atoms with Crippen LogP contribution in [-0.2, 0) is 0 Å². The average molecular weight is 188 g/mol. The number of aromatic nitrogens is 3. The number of hydrogen-bond donors (Lipinski definition) is 0. The lowest BCUT2D eigenvalue weighted by atomic mass is 10.5. The average Bonchev–Trinajstić information content (AvgIpc) is 2.34. The van der Waals surface area contributed by atoms with Crippen molar-refractivity contribution in [2.45, 2.75) is 0 Å². The molecule has 0 aliphatic heterocycles. The molecule has 2 aromatic heterocycles. The van der Waals surface area contributed by atoms with Gasteiger partial charge >= 0.3 is 0 Å². The van der Waals surface area contributed by atoms with E-state index in [1.54, 1.807) is 23.0 Å². The summed E-state index contributed by atoms with van der Waals surface area (Å²) >= 11 is 11.4. The highest BCUT2D eigenvalue weighted by Crippen LogP contribution is 2.16. The zero-order valence-corrected chi connectivity index (χ0v) is 6.84. The Morgan fingerprint density at radius 3 is 3.00 bits per heavy atom. The van der Waals surface area contributed by atoms with E-state index in [1.807, 2.05) is 0 Å². The molecule has 0 N–H and O–H groups in total. The van der Waals surface area contributed by atoms with Gasteiger partial charge in [-0.2, -0.15) is 5.10 Å². The quantitative estimate of drug-likeness (QED) is 0.633. The number of halogens is 2. The number of rotatable bonds is 0. The van der Waals surface area contributed by atoms with Crippen LogP contribution in [0.3, 0.4) is 0 Å². The summed E-state index contributed by atoms with van der Waals surface area (Å²) in [6.45, 7) is 0. The van der Waals surface area contributed by atoms with Gasteiger partial charge in [-0.15, -0.1) is 0 Å². The van der Waals surface area contributed by atoms with Gasteiger partial charge in [0.25, 0.3) is 0 Å². The topological polar surface area (TPSA) is 30.2 Å². The van der Waals surface area contributed by atoms with Crippen LogP contribution >= 0.6 is 23.2 Å². The molecule has 0 spiro atoms. The molecule has 0 fully saturated rings. The lowest BCUT2D eigenvalue weighted by molar-refractivity contribution is 0.946. The highest BCUT2D eigenvalue weighted by molar-refractivity contribution is 6.34. The Morgan fingerprint density at radius 1 is 1.36 bits per heavy atom. The lowest BCUT2D eigenvalue weighted by Crippen LogP contribution is -1.89. The maximum Gasteiger partial charge on any atom is 0.156 e. The van der Waals surface area contributed by atoms with Crippen LogP contribution in [0, 0.1) is 0 Å². The predicted molar refractivity (Wildman–Crippen MR) is 43.0 cm³/mol. The molecule has 0 saturated heterocycles. The van der Waals surface area contributed by atoms with Crippen molar-refractivity contribution in [3.05, 3.63) is 28.8 Å². The molecule has 56 valence electrons. The summed E-state index contributed by atoms with van der Waals surface area (Å²) in [5.74, 6) is 0. The van der Waals surface area contributed by atoms with Crippen molar-refractivity contribution in [1.82, 2.24) is 14.6 Å². The fraction of sp³-hybridized carbons (Fsp3) is 0. The smallest absolute Gasteiger partial charge is 0.156 e. The van der Waals surface area contributed by atoms with Crippen LogP contribution in [0.25, 0.3) is 5.52 Å². The van der Waals surface area contributed by atoms with E-state index in [1.165, 1.54) is 0 Å². The zero-order valence-electron chi connectivity index (χ0n) is 5.33. The molecule has 2 rings (SSSR count). The van der Waals surface area contributed by atoms with Crippen LogP contribution in [0.5, 0.6) is 0 Å². The fourth-order valence-corrected chi connectivity index (χ4v) is 1.32. The number of nitrogens with zero attached hydrogens (tertiary/aromatic N) is 3. The van der Waals surface area contributed by atoms with E-state index in [2.05, 4.69) is 10.1 Å². The Hall–Kier alpha value is -0.800. The van der Waals surface area contributed by atoms with Crippen molar-refractivity contribution in [2.24, 2.45) is 0 Å². The molecule has 2 aromatic rings. The SMILES string of the molecule is Clc1cn2nccc2c(Cl)n1. The van der Waals surface area contributed by atoms with Crippen LogP contribution in [-0.4, -0.2) is 14.6 Å². The summed E-state index contributed by atoms with van der Waals surface area (Å²) in [6.07, 6.45) is 3.24. The molecule has 0 bridgehead atoms. The zero-order chi connectivity index (χ0) is 7.84. The van der Waals surface area contributed by atoms with Gasteiger partial charge in [0.2, 0.25) is 0 Å². The van der Waals surface area contributed by atoms with Crippen LogP contribution in [0.1, 0.15) is 0 Å². The minimum Gasteiger partial charge on any atom is -0.235 e. The van der Waals surface area contributed by atoms with Crippen molar-refractivity contribution >= 4 is 28.7 Å². The van der Waals surface area contributed by atoms with Crippen LogP contribution in [0.2, 0.25) is 10.3 Å². The second-order valence-corrected chi connectivity index (χ2v) is 2.76. The molecule has 0 aliphatic rings. The molecule has 3 nitrogen and oxygen atoms in total. The van der Waals surface area contributed by atoms with Gasteiger partial charge in [0.1, 0.15) is 10.7 Å². The third-order valence-corrected chi connectivity index (χ3v) is 1.78. The van der Waals surface area contributed by atoms with Crippen molar-refractivity contribution in [1.29, 1.82) is 0 Å². The minimum absolute atomic E-state index is 0.339. The molecule has 0 unspecified atom stereocenters. The maximum atomic E-state index is 5.75. The normalized spacial score (nSPS) is 10.7. The summed E-state index contributed by atoms with van der Waals surface area (Å²) in [7, 11) is 0. The molecule has 0 atom stereocenters. The Bertz CT molecular complexity index is 396. The van der Waals surface area contributed by atoms with Gasteiger partial charge in [-0.3, -0.25) is 0 Å². The van der Waals surface area contributed by atoms with Crippen molar-refractivity contribution in [2.75, 3.05) is 0 Å². The molecule has 0 amide bonds. The predicted octanol–water partition coefficient (Wildman–Crippen LogP) is 2.04. The van der Waals surface area contributed by atoms with E-state index in [0.717, 1.165) is 5.52 Å². The van der Waals surface area contributed by atoms with E-state index in [4.69, 9.17) is 23.2 Å². The van der Waals surface area contributed by atoms with E-state index in [-0.39, 0.29) is 0 Å².